The van der Waals surface area contributed by atoms with Crippen molar-refractivity contribution < 1.29 is 14.3 Å². The molecular weight excluding hydrogens is 370 g/mol. The van der Waals surface area contributed by atoms with Gasteiger partial charge in [0.1, 0.15) is 5.69 Å². The Hall–Kier alpha value is -3.81. The highest BCUT2D eigenvalue weighted by Crippen LogP contribution is 2.30. The third kappa shape index (κ3) is 4.92. The molecule has 8 heteroatoms. The number of amides is 1. The van der Waals surface area contributed by atoms with Gasteiger partial charge >= 0.3 is 0 Å². The first-order valence-corrected chi connectivity index (χ1v) is 8.91. The summed E-state index contributed by atoms with van der Waals surface area (Å²) in [6, 6.07) is 14.5. The standard InChI is InChI=1S/C21H23N5O3/c1-26(2)16-8-5-14(6-9-16)23-20(27)17-11-12-22-21(25-17)24-15-7-10-18(28-3)19(13-15)29-4/h5-13H,1-4H3,(H,23,27)(H,22,24,25). The van der Waals surface area contributed by atoms with Gasteiger partial charge in [0.15, 0.2) is 11.5 Å². The van der Waals surface area contributed by atoms with Crippen LogP contribution >= 0.6 is 0 Å². The van der Waals surface area contributed by atoms with Gasteiger partial charge in [-0.25, -0.2) is 9.97 Å². The van der Waals surface area contributed by atoms with Gasteiger partial charge in [0, 0.05) is 43.4 Å². The lowest BCUT2D eigenvalue weighted by Crippen LogP contribution is -2.15. The van der Waals surface area contributed by atoms with Gasteiger partial charge in [-0.05, 0) is 42.5 Å². The Morgan fingerprint density at radius 2 is 1.62 bits per heavy atom. The molecular formula is C21H23N5O3. The lowest BCUT2D eigenvalue weighted by Gasteiger charge is -2.13. The summed E-state index contributed by atoms with van der Waals surface area (Å²) in [6.45, 7) is 0. The zero-order valence-corrected chi connectivity index (χ0v) is 16.8. The molecule has 3 aromatic rings. The molecule has 1 amide bonds. The van der Waals surface area contributed by atoms with Crippen LogP contribution < -0.4 is 25.0 Å². The topological polar surface area (TPSA) is 88.6 Å². The summed E-state index contributed by atoms with van der Waals surface area (Å²) < 4.78 is 10.5. The van der Waals surface area contributed by atoms with Crippen molar-refractivity contribution in [3.05, 3.63) is 60.4 Å². The van der Waals surface area contributed by atoms with E-state index in [0.717, 1.165) is 5.69 Å². The first kappa shape index (κ1) is 19.9. The molecule has 0 aliphatic rings. The van der Waals surface area contributed by atoms with Gasteiger partial charge in [-0.1, -0.05) is 0 Å². The van der Waals surface area contributed by atoms with Gasteiger partial charge in [0.25, 0.3) is 5.91 Å². The number of carbonyl (C=O) groups is 1. The molecule has 0 aliphatic carbocycles. The Labute approximate surface area is 169 Å². The molecule has 0 saturated heterocycles. The minimum Gasteiger partial charge on any atom is -0.493 e. The van der Waals surface area contributed by atoms with Crippen molar-refractivity contribution in [1.29, 1.82) is 0 Å². The molecule has 8 nitrogen and oxygen atoms in total. The maximum Gasteiger partial charge on any atom is 0.274 e. The van der Waals surface area contributed by atoms with Crippen LogP contribution in [0.15, 0.2) is 54.7 Å². The smallest absolute Gasteiger partial charge is 0.274 e. The van der Waals surface area contributed by atoms with Crippen LogP contribution in [0.2, 0.25) is 0 Å². The maximum atomic E-state index is 12.5. The predicted octanol–water partition coefficient (Wildman–Crippen LogP) is 3.56. The number of hydrogen-bond donors (Lipinski definition) is 2. The number of hydrogen-bond acceptors (Lipinski definition) is 7. The van der Waals surface area contributed by atoms with Crippen molar-refractivity contribution in [3.8, 4) is 11.5 Å². The van der Waals surface area contributed by atoms with Crippen LogP contribution in [0.1, 0.15) is 10.5 Å². The van der Waals surface area contributed by atoms with E-state index in [-0.39, 0.29) is 11.6 Å². The normalized spacial score (nSPS) is 10.2. The van der Waals surface area contributed by atoms with Crippen molar-refractivity contribution in [2.24, 2.45) is 0 Å². The molecule has 0 fully saturated rings. The number of nitrogens with zero attached hydrogens (tertiary/aromatic N) is 3. The summed E-state index contributed by atoms with van der Waals surface area (Å²) in [6.07, 6.45) is 1.53. The first-order chi connectivity index (χ1) is 14.0. The van der Waals surface area contributed by atoms with E-state index < -0.39 is 0 Å². The molecule has 2 N–H and O–H groups in total. The average Bonchev–Trinajstić information content (AvgIpc) is 2.74. The van der Waals surface area contributed by atoms with E-state index in [2.05, 4.69) is 20.6 Å². The number of nitrogens with one attached hydrogen (secondary N) is 2. The van der Waals surface area contributed by atoms with Crippen LogP contribution in [0.25, 0.3) is 0 Å². The Morgan fingerprint density at radius 3 is 2.28 bits per heavy atom. The fraction of sp³-hybridized carbons (Fsp3) is 0.190. The van der Waals surface area contributed by atoms with Gasteiger partial charge in [-0.3, -0.25) is 4.79 Å². The van der Waals surface area contributed by atoms with E-state index in [1.807, 2.05) is 49.3 Å². The third-order valence-corrected chi connectivity index (χ3v) is 4.17. The predicted molar refractivity (Wildman–Crippen MR) is 114 cm³/mol. The van der Waals surface area contributed by atoms with Crippen LogP contribution in [0, 0.1) is 0 Å². The number of anilines is 4. The summed E-state index contributed by atoms with van der Waals surface area (Å²) in [5.74, 6) is 1.17. The van der Waals surface area contributed by atoms with Gasteiger partial charge in [-0.15, -0.1) is 0 Å². The first-order valence-electron chi connectivity index (χ1n) is 8.91. The molecule has 0 spiro atoms. The largest absolute Gasteiger partial charge is 0.493 e. The Kier molecular flexibility index (Phi) is 6.13. The zero-order valence-electron chi connectivity index (χ0n) is 16.8. The highest BCUT2D eigenvalue weighted by molar-refractivity contribution is 6.03. The van der Waals surface area contributed by atoms with E-state index in [0.29, 0.717) is 28.8 Å². The number of methoxy groups -OCH3 is 2. The summed E-state index contributed by atoms with van der Waals surface area (Å²) in [7, 11) is 7.06. The average molecular weight is 393 g/mol. The van der Waals surface area contributed by atoms with Gasteiger partial charge in [0.05, 0.1) is 14.2 Å². The summed E-state index contributed by atoms with van der Waals surface area (Å²) in [5, 5.41) is 5.90. The molecule has 29 heavy (non-hydrogen) atoms. The second-order valence-electron chi connectivity index (χ2n) is 6.36. The maximum absolute atomic E-state index is 12.5. The molecule has 0 radical (unpaired) electrons. The number of rotatable bonds is 7. The van der Waals surface area contributed by atoms with Gasteiger partial charge < -0.3 is 25.0 Å². The number of aromatic nitrogens is 2. The quantitative estimate of drug-likeness (QED) is 0.634. The van der Waals surface area contributed by atoms with Crippen molar-refractivity contribution in [1.82, 2.24) is 9.97 Å². The van der Waals surface area contributed by atoms with Crippen LogP contribution in [0.4, 0.5) is 23.0 Å². The molecule has 2 aromatic carbocycles. The van der Waals surface area contributed by atoms with Crippen molar-refractivity contribution in [2.45, 2.75) is 0 Å². The van der Waals surface area contributed by atoms with Crippen LogP contribution in [-0.4, -0.2) is 44.2 Å². The molecule has 3 rings (SSSR count). The second kappa shape index (κ2) is 8.92. The lowest BCUT2D eigenvalue weighted by molar-refractivity contribution is 0.102. The molecule has 1 heterocycles. The van der Waals surface area contributed by atoms with Crippen LogP contribution in [-0.2, 0) is 0 Å². The summed E-state index contributed by atoms with van der Waals surface area (Å²) in [4.78, 5) is 23.0. The van der Waals surface area contributed by atoms with E-state index in [4.69, 9.17) is 9.47 Å². The Morgan fingerprint density at radius 1 is 0.931 bits per heavy atom. The van der Waals surface area contributed by atoms with E-state index in [1.165, 1.54) is 6.20 Å². The summed E-state index contributed by atoms with van der Waals surface area (Å²) >= 11 is 0. The zero-order chi connectivity index (χ0) is 20.8. The van der Waals surface area contributed by atoms with Gasteiger partial charge in [-0.2, -0.15) is 0 Å². The number of carbonyl (C=O) groups excluding carboxylic acids is 1. The Balaban J connectivity index is 1.72. The SMILES string of the molecule is COc1ccc(Nc2nccc(C(=O)Nc3ccc(N(C)C)cc3)n2)cc1OC. The second-order valence-corrected chi connectivity index (χ2v) is 6.36. The molecule has 1 aromatic heterocycles. The van der Waals surface area contributed by atoms with E-state index >= 15 is 0 Å². The van der Waals surface area contributed by atoms with Crippen molar-refractivity contribution >= 4 is 28.9 Å². The van der Waals surface area contributed by atoms with Crippen LogP contribution in [0.5, 0.6) is 11.5 Å². The van der Waals surface area contributed by atoms with Gasteiger partial charge in [0.2, 0.25) is 5.95 Å². The van der Waals surface area contributed by atoms with Crippen molar-refractivity contribution in [3.63, 3.8) is 0 Å². The van der Waals surface area contributed by atoms with E-state index in [9.17, 15) is 4.79 Å². The molecule has 0 saturated carbocycles. The molecule has 0 aliphatic heterocycles. The third-order valence-electron chi connectivity index (χ3n) is 4.17. The minimum atomic E-state index is -0.319. The number of ether oxygens (including phenoxy) is 2. The van der Waals surface area contributed by atoms with Crippen LogP contribution in [0.3, 0.4) is 0 Å². The minimum absolute atomic E-state index is 0.250. The molecule has 0 bridgehead atoms. The Bertz CT molecular complexity index is 990. The fourth-order valence-corrected chi connectivity index (χ4v) is 2.63. The molecule has 0 unspecified atom stereocenters. The molecule has 0 atom stereocenters. The fourth-order valence-electron chi connectivity index (χ4n) is 2.63. The monoisotopic (exact) mass is 393 g/mol. The highest BCUT2D eigenvalue weighted by Gasteiger charge is 2.11. The van der Waals surface area contributed by atoms with Crippen molar-refractivity contribution in [2.75, 3.05) is 43.8 Å². The highest BCUT2D eigenvalue weighted by atomic mass is 16.5. The number of benzene rings is 2. The lowest BCUT2D eigenvalue weighted by atomic mass is 10.2. The summed E-state index contributed by atoms with van der Waals surface area (Å²) in [5.41, 5.74) is 2.69. The molecule has 150 valence electrons. The van der Waals surface area contributed by atoms with E-state index in [1.54, 1.807) is 32.4 Å².